The van der Waals surface area contributed by atoms with Gasteiger partial charge in [0.15, 0.2) is 0 Å². The molecule has 2 N–H and O–H groups in total. The molecule has 1 saturated heterocycles. The van der Waals surface area contributed by atoms with E-state index < -0.39 is 30.6 Å². The molecule has 1 aliphatic carbocycles. The number of carbonyl (C=O) groups is 2. The van der Waals surface area contributed by atoms with Crippen molar-refractivity contribution < 1.29 is 32.6 Å². The number of pyridine rings is 1. The number of halogens is 3. The molecular formula is C21H26F3N3O4. The molecule has 170 valence electrons. The van der Waals surface area contributed by atoms with Crippen LogP contribution in [0.15, 0.2) is 24.4 Å². The highest BCUT2D eigenvalue weighted by Crippen LogP contribution is 2.31. The third-order valence-corrected chi connectivity index (χ3v) is 5.70. The fourth-order valence-electron chi connectivity index (χ4n) is 3.82. The van der Waals surface area contributed by atoms with Crippen molar-refractivity contribution in [3.63, 3.8) is 0 Å². The van der Waals surface area contributed by atoms with E-state index in [1.54, 1.807) is 12.3 Å². The summed E-state index contributed by atoms with van der Waals surface area (Å²) in [4.78, 5) is 28.6. The molecule has 3 rings (SSSR count). The molecule has 0 bridgehead atoms. The molecule has 1 aliphatic heterocycles. The van der Waals surface area contributed by atoms with E-state index in [4.69, 9.17) is 9.84 Å². The van der Waals surface area contributed by atoms with Crippen LogP contribution < -0.4 is 10.1 Å². The zero-order chi connectivity index (χ0) is 22.4. The number of hydrogen-bond donors (Lipinski definition) is 2. The van der Waals surface area contributed by atoms with Gasteiger partial charge in [0.05, 0.1) is 6.61 Å². The number of aromatic nitrogens is 1. The maximum absolute atomic E-state index is 12.2. The Hall–Kier alpha value is -2.78. The predicted octanol–water partition coefficient (Wildman–Crippen LogP) is 3.71. The normalized spacial score (nSPS) is 20.2. The second-order valence-corrected chi connectivity index (χ2v) is 7.94. The summed E-state index contributed by atoms with van der Waals surface area (Å²) in [7, 11) is 0. The predicted molar refractivity (Wildman–Crippen MR) is 106 cm³/mol. The first-order valence-corrected chi connectivity index (χ1v) is 10.3. The monoisotopic (exact) mass is 441 g/mol. The molecule has 0 spiro atoms. The lowest BCUT2D eigenvalue weighted by molar-refractivity contribution is -0.140. The van der Waals surface area contributed by atoms with Gasteiger partial charge in [-0.05, 0) is 55.2 Å². The van der Waals surface area contributed by atoms with E-state index in [0.717, 1.165) is 24.0 Å². The molecule has 31 heavy (non-hydrogen) atoms. The number of nitrogens with one attached hydrogen (secondary N) is 1. The molecule has 1 aromatic heterocycles. The Morgan fingerprint density at radius 2 is 1.97 bits per heavy atom. The fraction of sp³-hybridized carbons (Fsp3) is 0.571. The van der Waals surface area contributed by atoms with Gasteiger partial charge >= 0.3 is 12.3 Å². The molecule has 7 nitrogen and oxygen atoms in total. The van der Waals surface area contributed by atoms with Gasteiger partial charge in [-0.15, -0.1) is 0 Å². The van der Waals surface area contributed by atoms with E-state index in [1.807, 2.05) is 17.5 Å². The lowest BCUT2D eigenvalue weighted by atomic mass is 9.86. The van der Waals surface area contributed by atoms with Crippen LogP contribution in [-0.2, 0) is 4.79 Å². The number of ether oxygens (including phenoxy) is 1. The number of likely N-dealkylation sites (tertiary alicyclic amines) is 1. The highest BCUT2D eigenvalue weighted by Gasteiger charge is 2.30. The van der Waals surface area contributed by atoms with E-state index in [-0.39, 0.29) is 0 Å². The minimum Gasteiger partial charge on any atom is -0.477 e. The van der Waals surface area contributed by atoms with Gasteiger partial charge in [0, 0.05) is 31.3 Å². The highest BCUT2D eigenvalue weighted by molar-refractivity contribution is 5.80. The smallest absolute Gasteiger partial charge is 0.407 e. The zero-order valence-corrected chi connectivity index (χ0v) is 17.0. The zero-order valence-electron chi connectivity index (χ0n) is 17.0. The van der Waals surface area contributed by atoms with Gasteiger partial charge < -0.3 is 20.1 Å². The highest BCUT2D eigenvalue weighted by atomic mass is 19.4. The summed E-state index contributed by atoms with van der Waals surface area (Å²) in [5, 5.41) is 10.9. The van der Waals surface area contributed by atoms with Crippen LogP contribution in [-0.4, -0.2) is 59.4 Å². The van der Waals surface area contributed by atoms with Crippen LogP contribution in [0.3, 0.4) is 0 Å². The SMILES string of the molecule is O=C(NCC(F)(F)F)C1CC=C(c2ccc(OCC3CCN(C(=O)O)CC3)nc2)CC1. The molecule has 1 unspecified atom stereocenters. The van der Waals surface area contributed by atoms with Crippen LogP contribution >= 0.6 is 0 Å². The summed E-state index contributed by atoms with van der Waals surface area (Å²) in [6.45, 7) is 0.207. The summed E-state index contributed by atoms with van der Waals surface area (Å²) in [5.41, 5.74) is 1.91. The lowest BCUT2D eigenvalue weighted by Crippen LogP contribution is -2.38. The van der Waals surface area contributed by atoms with Crippen molar-refractivity contribution in [1.82, 2.24) is 15.2 Å². The number of nitrogens with zero attached hydrogens (tertiary/aromatic N) is 2. The molecule has 2 heterocycles. The molecule has 0 saturated carbocycles. The van der Waals surface area contributed by atoms with Crippen LogP contribution in [0.5, 0.6) is 5.88 Å². The number of allylic oxidation sites excluding steroid dienone is 2. The summed E-state index contributed by atoms with van der Waals surface area (Å²) >= 11 is 0. The van der Waals surface area contributed by atoms with Crippen molar-refractivity contribution in [3.05, 3.63) is 30.0 Å². The quantitative estimate of drug-likeness (QED) is 0.702. The molecule has 1 fully saturated rings. The number of rotatable bonds is 6. The van der Waals surface area contributed by atoms with Crippen molar-refractivity contribution in [3.8, 4) is 5.88 Å². The van der Waals surface area contributed by atoms with Crippen LogP contribution in [0, 0.1) is 11.8 Å². The van der Waals surface area contributed by atoms with Gasteiger partial charge in [-0.1, -0.05) is 6.08 Å². The van der Waals surface area contributed by atoms with E-state index in [0.29, 0.717) is 50.8 Å². The van der Waals surface area contributed by atoms with Gasteiger partial charge in [-0.3, -0.25) is 4.79 Å². The van der Waals surface area contributed by atoms with E-state index >= 15 is 0 Å². The number of amides is 2. The molecule has 2 aliphatic rings. The molecular weight excluding hydrogens is 415 g/mol. The molecule has 10 heteroatoms. The molecule has 0 radical (unpaired) electrons. The third kappa shape index (κ3) is 6.86. The standard InChI is InChI=1S/C21H26F3N3O4/c22-21(23,24)13-26-19(28)16-3-1-15(2-4-16)17-5-6-18(25-11-17)31-12-14-7-9-27(10-8-14)20(29)30/h1,5-6,11,14,16H,2-4,7-10,12-13H2,(H,26,28)(H,29,30). The average molecular weight is 441 g/mol. The van der Waals surface area contributed by atoms with Gasteiger partial charge in [-0.25, -0.2) is 9.78 Å². The Labute approximate surface area is 178 Å². The summed E-state index contributed by atoms with van der Waals surface area (Å²) < 4.78 is 42.5. The molecule has 1 atom stereocenters. The average Bonchev–Trinajstić information content (AvgIpc) is 2.76. The Balaban J connectivity index is 1.44. The van der Waals surface area contributed by atoms with Crippen molar-refractivity contribution in [2.75, 3.05) is 26.2 Å². The second kappa shape index (κ2) is 10.0. The van der Waals surface area contributed by atoms with E-state index in [9.17, 15) is 22.8 Å². The Morgan fingerprint density at radius 1 is 1.23 bits per heavy atom. The summed E-state index contributed by atoms with van der Waals surface area (Å²) in [6, 6.07) is 3.65. The number of carbonyl (C=O) groups excluding carboxylic acids is 1. The first kappa shape index (κ1) is 22.9. The second-order valence-electron chi connectivity index (χ2n) is 7.94. The van der Waals surface area contributed by atoms with Crippen molar-refractivity contribution in [2.24, 2.45) is 11.8 Å². The minimum atomic E-state index is -4.41. The maximum Gasteiger partial charge on any atom is 0.407 e. The molecule has 2 amide bonds. The molecule has 0 aromatic carbocycles. The fourth-order valence-corrected chi connectivity index (χ4v) is 3.82. The number of alkyl halides is 3. The number of piperidine rings is 1. The largest absolute Gasteiger partial charge is 0.477 e. The maximum atomic E-state index is 12.2. The third-order valence-electron chi connectivity index (χ3n) is 5.70. The Morgan fingerprint density at radius 3 is 2.52 bits per heavy atom. The summed E-state index contributed by atoms with van der Waals surface area (Å²) in [5.74, 6) is -0.235. The van der Waals surface area contributed by atoms with Gasteiger partial charge in [0.25, 0.3) is 0 Å². The topological polar surface area (TPSA) is 91.8 Å². The van der Waals surface area contributed by atoms with Gasteiger partial charge in [-0.2, -0.15) is 13.2 Å². The first-order valence-electron chi connectivity index (χ1n) is 10.3. The van der Waals surface area contributed by atoms with Crippen molar-refractivity contribution >= 4 is 17.6 Å². The minimum absolute atomic E-state index is 0.290. The first-order chi connectivity index (χ1) is 14.7. The van der Waals surface area contributed by atoms with Crippen molar-refractivity contribution in [1.29, 1.82) is 0 Å². The lowest BCUT2D eigenvalue weighted by Gasteiger charge is -2.29. The van der Waals surface area contributed by atoms with Crippen molar-refractivity contribution in [2.45, 2.75) is 38.3 Å². The number of hydrogen-bond acceptors (Lipinski definition) is 4. The number of carboxylic acid groups (broad SMARTS) is 1. The van der Waals surface area contributed by atoms with Crippen LogP contribution in [0.1, 0.15) is 37.7 Å². The Kier molecular flexibility index (Phi) is 7.40. The van der Waals surface area contributed by atoms with Gasteiger partial charge in [0.2, 0.25) is 11.8 Å². The van der Waals surface area contributed by atoms with E-state index in [2.05, 4.69) is 4.98 Å². The Bertz CT molecular complexity index is 803. The van der Waals surface area contributed by atoms with Crippen LogP contribution in [0.25, 0.3) is 5.57 Å². The van der Waals surface area contributed by atoms with E-state index in [1.165, 1.54) is 4.90 Å². The van der Waals surface area contributed by atoms with Crippen LogP contribution in [0.4, 0.5) is 18.0 Å². The molecule has 1 aromatic rings. The van der Waals surface area contributed by atoms with Crippen LogP contribution in [0.2, 0.25) is 0 Å². The van der Waals surface area contributed by atoms with Gasteiger partial charge in [0.1, 0.15) is 6.54 Å². The summed E-state index contributed by atoms with van der Waals surface area (Å²) in [6.07, 6.45) is 1.28.